The summed E-state index contributed by atoms with van der Waals surface area (Å²) in [7, 11) is 0. The minimum Gasteiger partial charge on any atom is -0.373 e. The highest BCUT2D eigenvalue weighted by molar-refractivity contribution is 9.10. The van der Waals surface area contributed by atoms with Crippen LogP contribution in [0.25, 0.3) is 0 Å². The van der Waals surface area contributed by atoms with Crippen molar-refractivity contribution in [1.82, 2.24) is 0 Å². The van der Waals surface area contributed by atoms with Gasteiger partial charge >= 0.3 is 0 Å². The molecule has 0 spiro atoms. The summed E-state index contributed by atoms with van der Waals surface area (Å²) in [6.45, 7) is 0.844. The van der Waals surface area contributed by atoms with Crippen molar-refractivity contribution in [3.05, 3.63) is 70.2 Å². The van der Waals surface area contributed by atoms with E-state index in [1.807, 2.05) is 0 Å². The molecule has 0 saturated carbocycles. The molecule has 0 amide bonds. The summed E-state index contributed by atoms with van der Waals surface area (Å²) in [4.78, 5) is 0. The Labute approximate surface area is 122 Å². The van der Waals surface area contributed by atoms with Crippen molar-refractivity contribution in [3.8, 4) is 0 Å². The summed E-state index contributed by atoms with van der Waals surface area (Å²) in [6, 6.07) is 19.2. The Balaban J connectivity index is 1.78. The largest absolute Gasteiger partial charge is 0.373 e. The van der Waals surface area contributed by atoms with Gasteiger partial charge in [0.2, 0.25) is 0 Å². The lowest BCUT2D eigenvalue weighted by Crippen LogP contribution is -2.18. The van der Waals surface area contributed by atoms with Gasteiger partial charge in [0.05, 0.1) is 6.10 Å². The zero-order chi connectivity index (χ0) is 13.1. The number of benzene rings is 2. The molecule has 1 saturated heterocycles. The molecule has 1 fully saturated rings. The number of hydrogen-bond acceptors (Lipinski definition) is 1. The van der Waals surface area contributed by atoms with Crippen LogP contribution < -0.4 is 0 Å². The Hall–Kier alpha value is -1.12. The first-order valence-corrected chi connectivity index (χ1v) is 7.54. The minimum atomic E-state index is 0.219. The quantitative estimate of drug-likeness (QED) is 0.750. The van der Waals surface area contributed by atoms with Crippen LogP contribution in [0.4, 0.5) is 0 Å². The normalized spacial score (nSPS) is 23.2. The number of ether oxygens (including phenoxy) is 1. The molecule has 2 aromatic rings. The van der Waals surface area contributed by atoms with Gasteiger partial charge in [0.15, 0.2) is 0 Å². The van der Waals surface area contributed by atoms with Crippen LogP contribution in [0, 0.1) is 0 Å². The third kappa shape index (κ3) is 3.07. The first-order chi connectivity index (χ1) is 9.33. The van der Waals surface area contributed by atoms with Crippen molar-refractivity contribution in [2.45, 2.75) is 24.9 Å². The predicted octanol–water partition coefficient (Wildman–Crippen LogP) is 5.08. The van der Waals surface area contributed by atoms with Crippen molar-refractivity contribution in [1.29, 1.82) is 0 Å². The van der Waals surface area contributed by atoms with E-state index in [0.29, 0.717) is 5.92 Å². The van der Waals surface area contributed by atoms with Crippen molar-refractivity contribution in [3.63, 3.8) is 0 Å². The van der Waals surface area contributed by atoms with E-state index in [9.17, 15) is 0 Å². The van der Waals surface area contributed by atoms with Gasteiger partial charge in [-0.25, -0.2) is 0 Å². The van der Waals surface area contributed by atoms with E-state index in [1.165, 1.54) is 11.1 Å². The van der Waals surface area contributed by atoms with Gasteiger partial charge in [0, 0.05) is 11.1 Å². The van der Waals surface area contributed by atoms with Gasteiger partial charge in [-0.3, -0.25) is 0 Å². The molecule has 0 aromatic heterocycles. The second-order valence-corrected chi connectivity index (χ2v) is 5.96. The lowest BCUT2D eigenvalue weighted by Gasteiger charge is -2.30. The summed E-state index contributed by atoms with van der Waals surface area (Å²) in [5, 5.41) is 0. The van der Waals surface area contributed by atoms with E-state index in [0.717, 1.165) is 23.9 Å². The summed E-state index contributed by atoms with van der Waals surface area (Å²) in [5.41, 5.74) is 2.71. The van der Waals surface area contributed by atoms with Gasteiger partial charge in [0.25, 0.3) is 0 Å². The zero-order valence-corrected chi connectivity index (χ0v) is 12.3. The molecule has 1 nitrogen and oxygen atoms in total. The molecule has 0 bridgehead atoms. The Bertz CT molecular complexity index is 538. The molecular weight excluding hydrogens is 300 g/mol. The van der Waals surface area contributed by atoms with Crippen LogP contribution in [-0.2, 0) is 4.74 Å². The Morgan fingerprint density at radius 1 is 0.947 bits per heavy atom. The molecule has 0 N–H and O–H groups in total. The van der Waals surface area contributed by atoms with Crippen molar-refractivity contribution in [2.24, 2.45) is 0 Å². The molecule has 2 atom stereocenters. The smallest absolute Gasteiger partial charge is 0.0831 e. The van der Waals surface area contributed by atoms with Gasteiger partial charge < -0.3 is 4.74 Å². The zero-order valence-electron chi connectivity index (χ0n) is 10.8. The lowest BCUT2D eigenvalue weighted by atomic mass is 9.86. The highest BCUT2D eigenvalue weighted by atomic mass is 79.9. The van der Waals surface area contributed by atoms with E-state index in [1.54, 1.807) is 0 Å². The first-order valence-electron chi connectivity index (χ1n) is 6.75. The summed E-state index contributed by atoms with van der Waals surface area (Å²) < 4.78 is 7.07. The maximum absolute atomic E-state index is 5.95. The molecule has 2 aromatic carbocycles. The van der Waals surface area contributed by atoms with Crippen LogP contribution >= 0.6 is 15.9 Å². The molecule has 0 aliphatic carbocycles. The van der Waals surface area contributed by atoms with Crippen molar-refractivity contribution < 1.29 is 4.74 Å². The fourth-order valence-corrected chi connectivity index (χ4v) is 3.18. The molecular formula is C17H17BrO. The van der Waals surface area contributed by atoms with Gasteiger partial charge in [-0.05, 0) is 42.0 Å². The maximum atomic E-state index is 5.95. The van der Waals surface area contributed by atoms with Gasteiger partial charge in [-0.2, -0.15) is 0 Å². The fraction of sp³-hybridized carbons (Fsp3) is 0.294. The van der Waals surface area contributed by atoms with Crippen LogP contribution in [0.1, 0.15) is 36.0 Å². The van der Waals surface area contributed by atoms with Gasteiger partial charge in [-0.15, -0.1) is 0 Å². The average Bonchev–Trinajstić information content (AvgIpc) is 2.48. The second-order valence-electron chi connectivity index (χ2n) is 5.05. The van der Waals surface area contributed by atoms with E-state index >= 15 is 0 Å². The highest BCUT2D eigenvalue weighted by Gasteiger charge is 2.24. The number of halogens is 1. The minimum absolute atomic E-state index is 0.219. The van der Waals surface area contributed by atoms with E-state index in [4.69, 9.17) is 4.74 Å². The van der Waals surface area contributed by atoms with Crippen LogP contribution in [0.3, 0.4) is 0 Å². The van der Waals surface area contributed by atoms with Crippen molar-refractivity contribution >= 4 is 15.9 Å². The van der Waals surface area contributed by atoms with Crippen LogP contribution in [0.2, 0.25) is 0 Å². The van der Waals surface area contributed by atoms with E-state index in [2.05, 4.69) is 70.5 Å². The monoisotopic (exact) mass is 316 g/mol. The number of rotatable bonds is 2. The topological polar surface area (TPSA) is 9.23 Å². The van der Waals surface area contributed by atoms with E-state index < -0.39 is 0 Å². The third-order valence-corrected chi connectivity index (χ3v) is 4.27. The molecule has 1 aliphatic heterocycles. The molecule has 19 heavy (non-hydrogen) atoms. The second kappa shape index (κ2) is 5.89. The number of hydrogen-bond donors (Lipinski definition) is 0. The molecule has 98 valence electrons. The Kier molecular flexibility index (Phi) is 4.00. The van der Waals surface area contributed by atoms with E-state index in [-0.39, 0.29) is 6.10 Å². The summed E-state index contributed by atoms with van der Waals surface area (Å²) in [5.74, 6) is 0.610. The van der Waals surface area contributed by atoms with Crippen LogP contribution in [0.5, 0.6) is 0 Å². The van der Waals surface area contributed by atoms with Crippen molar-refractivity contribution in [2.75, 3.05) is 6.61 Å². The molecule has 3 rings (SSSR count). The first kappa shape index (κ1) is 12.9. The van der Waals surface area contributed by atoms with Crippen LogP contribution in [0.15, 0.2) is 59.1 Å². The Morgan fingerprint density at radius 2 is 1.74 bits per heavy atom. The third-order valence-electron chi connectivity index (χ3n) is 3.78. The molecule has 1 heterocycles. The maximum Gasteiger partial charge on any atom is 0.0831 e. The molecule has 2 heteroatoms. The SMILES string of the molecule is Brc1cccc([C@@H]2C[C@H](c3ccccc3)CCO2)c1. The molecule has 0 radical (unpaired) electrons. The average molecular weight is 317 g/mol. The standard InChI is InChI=1S/C17H17BrO/c18-16-8-4-7-15(11-16)17-12-14(9-10-19-17)13-5-2-1-3-6-13/h1-8,11,14,17H,9-10,12H2/t14-,17+/m1/s1. The fourth-order valence-electron chi connectivity index (χ4n) is 2.76. The highest BCUT2D eigenvalue weighted by Crippen LogP contribution is 2.37. The molecule has 1 aliphatic rings. The summed E-state index contributed by atoms with van der Waals surface area (Å²) in [6.07, 6.45) is 2.41. The Morgan fingerprint density at radius 3 is 2.53 bits per heavy atom. The van der Waals surface area contributed by atoms with Gasteiger partial charge in [-0.1, -0.05) is 58.4 Å². The molecule has 0 unspecified atom stereocenters. The summed E-state index contributed by atoms with van der Waals surface area (Å²) >= 11 is 3.53. The lowest BCUT2D eigenvalue weighted by molar-refractivity contribution is 0.00524. The van der Waals surface area contributed by atoms with Crippen LogP contribution in [-0.4, -0.2) is 6.61 Å². The predicted molar refractivity (Wildman–Crippen MR) is 81.3 cm³/mol. The van der Waals surface area contributed by atoms with Gasteiger partial charge in [0.1, 0.15) is 0 Å².